The lowest BCUT2D eigenvalue weighted by atomic mass is 10.1. The van der Waals surface area contributed by atoms with Gasteiger partial charge in [0.05, 0.1) is 0 Å². The van der Waals surface area contributed by atoms with Gasteiger partial charge in [-0.1, -0.05) is 18.6 Å². The van der Waals surface area contributed by atoms with Crippen molar-refractivity contribution in [3.05, 3.63) is 64.7 Å². The molecule has 4 nitrogen and oxygen atoms in total. The molecule has 0 amide bonds. The van der Waals surface area contributed by atoms with Gasteiger partial charge in [0.25, 0.3) is 0 Å². The van der Waals surface area contributed by atoms with Crippen LogP contribution in [0.2, 0.25) is 0 Å². The first-order valence-electron chi connectivity index (χ1n) is 10.1. The fourth-order valence-electron chi connectivity index (χ4n) is 3.00. The van der Waals surface area contributed by atoms with E-state index in [4.69, 9.17) is 4.89 Å². The van der Waals surface area contributed by atoms with Crippen LogP contribution in [0.15, 0.2) is 41.3 Å². The third-order valence-corrected chi connectivity index (χ3v) is 6.21. The molecular weight excluding hydrogens is 427 g/mol. The first kappa shape index (κ1) is 24.9. The Balaban J connectivity index is 1.65. The van der Waals surface area contributed by atoms with E-state index in [1.807, 2.05) is 25.1 Å². The molecule has 164 valence electrons. The zero-order chi connectivity index (χ0) is 21.8. The minimum Gasteiger partial charge on any atom is -0.313 e. The van der Waals surface area contributed by atoms with E-state index in [0.717, 1.165) is 48.1 Å². The van der Waals surface area contributed by atoms with E-state index >= 15 is 0 Å². The normalized spacial score (nSPS) is 11.7. The Morgan fingerprint density at radius 1 is 1.10 bits per heavy atom. The molecule has 2 rings (SSSR count). The number of rotatable bonds is 14. The summed E-state index contributed by atoms with van der Waals surface area (Å²) in [6, 6.07) is 10.1. The number of hydrogen-bond donors (Lipinski definition) is 2. The minimum absolute atomic E-state index is 0.200. The molecule has 0 aliphatic heterocycles. The molecule has 0 fully saturated rings. The van der Waals surface area contributed by atoms with Crippen LogP contribution in [-0.4, -0.2) is 23.8 Å². The predicted octanol–water partition coefficient (Wildman–Crippen LogP) is 5.92. The van der Waals surface area contributed by atoms with Gasteiger partial charge in [0.2, 0.25) is 0 Å². The average Bonchev–Trinajstić information content (AvgIpc) is 2.71. The van der Waals surface area contributed by atoms with Crippen LogP contribution in [0.1, 0.15) is 42.4 Å². The Bertz CT molecular complexity index is 806. The van der Waals surface area contributed by atoms with E-state index in [-0.39, 0.29) is 18.2 Å². The zero-order valence-electron chi connectivity index (χ0n) is 17.2. The summed E-state index contributed by atoms with van der Waals surface area (Å²) in [6.07, 6.45) is 4.65. The zero-order valence-corrected chi connectivity index (χ0v) is 18.9. The lowest BCUT2D eigenvalue weighted by molar-refractivity contribution is 0.276. The minimum atomic E-state index is -2.54. The average molecular weight is 457 g/mol. The molecule has 2 aromatic carbocycles. The van der Waals surface area contributed by atoms with Gasteiger partial charge < -0.3 is 5.32 Å². The quantitative estimate of drug-likeness (QED) is 0.210. The highest BCUT2D eigenvalue weighted by atomic mass is 32.2. The van der Waals surface area contributed by atoms with Crippen molar-refractivity contribution in [2.45, 2.75) is 50.5 Å². The van der Waals surface area contributed by atoms with Crippen LogP contribution >= 0.6 is 20.0 Å². The fraction of sp³-hybridized carbons (Fsp3) is 0.455. The van der Waals surface area contributed by atoms with Crippen molar-refractivity contribution in [1.82, 2.24) is 5.32 Å². The van der Waals surface area contributed by atoms with Gasteiger partial charge in [-0.25, -0.2) is 8.78 Å². The molecule has 8 heteroatoms. The second-order valence-corrected chi connectivity index (χ2v) is 8.97. The van der Waals surface area contributed by atoms with Gasteiger partial charge in [0, 0.05) is 16.0 Å². The first-order valence-corrected chi connectivity index (χ1v) is 12.2. The number of nitrogens with one attached hydrogen (secondary N) is 1. The number of benzene rings is 2. The topological polar surface area (TPSA) is 58.6 Å². The summed E-state index contributed by atoms with van der Waals surface area (Å²) in [5.41, 5.74) is 3.09. The lowest BCUT2D eigenvalue weighted by Crippen LogP contribution is -2.16. The summed E-state index contributed by atoms with van der Waals surface area (Å²) in [5, 5.41) is 3.20. The second kappa shape index (κ2) is 13.8. The monoisotopic (exact) mass is 456 g/mol. The van der Waals surface area contributed by atoms with Gasteiger partial charge in [0.1, 0.15) is 18.2 Å². The van der Waals surface area contributed by atoms with Crippen molar-refractivity contribution >= 4 is 20.0 Å². The van der Waals surface area contributed by atoms with Crippen LogP contribution in [0.25, 0.3) is 0 Å². The van der Waals surface area contributed by atoms with Crippen molar-refractivity contribution in [3.8, 4) is 0 Å². The number of unbranched alkanes of at least 4 members (excludes halogenated alkanes) is 2. The van der Waals surface area contributed by atoms with Crippen molar-refractivity contribution in [2.75, 3.05) is 18.9 Å². The first-order chi connectivity index (χ1) is 14.5. The van der Waals surface area contributed by atoms with Crippen LogP contribution in [-0.2, 0) is 22.1 Å². The number of halogens is 2. The molecule has 0 saturated heterocycles. The van der Waals surface area contributed by atoms with Crippen LogP contribution in [0.5, 0.6) is 0 Å². The molecule has 0 saturated carbocycles. The van der Waals surface area contributed by atoms with Gasteiger partial charge in [-0.15, -0.1) is 21.2 Å². The molecule has 30 heavy (non-hydrogen) atoms. The Morgan fingerprint density at radius 2 is 1.87 bits per heavy atom. The summed E-state index contributed by atoms with van der Waals surface area (Å²) in [5.74, 6) is 0.459. The molecular formula is C22H29F2NO3PS+. The highest BCUT2D eigenvalue weighted by molar-refractivity contribution is 7.99. The third kappa shape index (κ3) is 9.63. The Morgan fingerprint density at radius 3 is 2.60 bits per heavy atom. The molecule has 0 radical (unpaired) electrons. The Labute approximate surface area is 182 Å². The predicted molar refractivity (Wildman–Crippen MR) is 118 cm³/mol. The Kier molecular flexibility index (Phi) is 11.5. The molecule has 0 heterocycles. The van der Waals surface area contributed by atoms with E-state index in [1.54, 1.807) is 17.8 Å². The summed E-state index contributed by atoms with van der Waals surface area (Å²) in [7, 11) is -2.54. The standard InChI is InChI=1S/C22H28F2NO3PS/c1-17-14-22(21(24)15-19(17)16-25-11-5-12-28-29(26)27)30-13-4-2-3-6-18-7-9-20(23)10-8-18/h7-10,14-15,25H,2-6,11-13,16H2,1H3/p+1. The molecule has 0 aliphatic rings. The third-order valence-electron chi connectivity index (χ3n) is 4.69. The van der Waals surface area contributed by atoms with Gasteiger partial charge >= 0.3 is 8.25 Å². The van der Waals surface area contributed by atoms with Crippen molar-refractivity contribution < 1.29 is 22.8 Å². The highest BCUT2D eigenvalue weighted by Crippen LogP contribution is 2.26. The number of hydrogen-bond acceptors (Lipinski definition) is 4. The highest BCUT2D eigenvalue weighted by Gasteiger charge is 2.11. The molecule has 2 N–H and O–H groups in total. The van der Waals surface area contributed by atoms with E-state index in [0.29, 0.717) is 24.4 Å². The van der Waals surface area contributed by atoms with Crippen molar-refractivity contribution in [3.63, 3.8) is 0 Å². The summed E-state index contributed by atoms with van der Waals surface area (Å²) < 4.78 is 42.3. The van der Waals surface area contributed by atoms with Gasteiger partial charge in [-0.2, -0.15) is 0 Å². The maximum absolute atomic E-state index is 14.4. The van der Waals surface area contributed by atoms with Gasteiger partial charge in [-0.3, -0.25) is 0 Å². The molecule has 0 spiro atoms. The SMILES string of the molecule is Cc1cc(SCCCCCc2ccc(F)cc2)c(F)cc1CNCCCO[P+](=O)O. The van der Waals surface area contributed by atoms with Crippen LogP contribution in [0.4, 0.5) is 8.78 Å². The van der Waals surface area contributed by atoms with E-state index < -0.39 is 8.25 Å². The molecule has 0 aliphatic carbocycles. The number of thioether (sulfide) groups is 1. The second-order valence-electron chi connectivity index (χ2n) is 7.10. The maximum Gasteiger partial charge on any atom is 0.694 e. The van der Waals surface area contributed by atoms with Crippen LogP contribution in [0, 0.1) is 18.6 Å². The van der Waals surface area contributed by atoms with Gasteiger partial charge in [-0.05, 0) is 85.9 Å². The lowest BCUT2D eigenvalue weighted by Gasteiger charge is -2.11. The fourth-order valence-corrected chi connectivity index (χ4v) is 4.31. The van der Waals surface area contributed by atoms with Crippen LogP contribution in [0.3, 0.4) is 0 Å². The summed E-state index contributed by atoms with van der Waals surface area (Å²) in [4.78, 5) is 9.23. The van der Waals surface area contributed by atoms with Crippen molar-refractivity contribution in [2.24, 2.45) is 0 Å². The van der Waals surface area contributed by atoms with E-state index in [2.05, 4.69) is 9.84 Å². The smallest absolute Gasteiger partial charge is 0.313 e. The van der Waals surface area contributed by atoms with E-state index in [1.165, 1.54) is 12.1 Å². The van der Waals surface area contributed by atoms with Crippen LogP contribution < -0.4 is 5.32 Å². The van der Waals surface area contributed by atoms with E-state index in [9.17, 15) is 13.3 Å². The van der Waals surface area contributed by atoms with Gasteiger partial charge in [0.15, 0.2) is 0 Å². The molecule has 2 aromatic rings. The molecule has 1 atom stereocenters. The number of aryl methyl sites for hydroxylation is 2. The Hall–Kier alpha value is -1.37. The maximum atomic E-state index is 14.4. The molecule has 1 unspecified atom stereocenters. The van der Waals surface area contributed by atoms with Crippen molar-refractivity contribution in [1.29, 1.82) is 0 Å². The molecule has 0 bridgehead atoms. The largest absolute Gasteiger partial charge is 0.694 e. The summed E-state index contributed by atoms with van der Waals surface area (Å²) >= 11 is 1.54. The molecule has 0 aromatic heterocycles. The summed E-state index contributed by atoms with van der Waals surface area (Å²) in [6.45, 7) is 3.36.